The first kappa shape index (κ1) is 14.6. The number of rotatable bonds is 6. The van der Waals surface area contributed by atoms with Crippen LogP contribution >= 0.6 is 0 Å². The number of allylic oxidation sites excluding steroid dienone is 1. The summed E-state index contributed by atoms with van der Waals surface area (Å²) in [6.07, 6.45) is 11.0. The number of nitrogens with one attached hydrogen (secondary N) is 1. The second-order valence-corrected chi connectivity index (χ2v) is 5.42. The van der Waals surface area contributed by atoms with E-state index in [1.54, 1.807) is 6.08 Å². The largest absolute Gasteiger partial charge is 0.388 e. The molecule has 2 heteroatoms. The molecule has 0 spiro atoms. The molecule has 0 saturated carbocycles. The van der Waals surface area contributed by atoms with Gasteiger partial charge < -0.3 is 5.32 Å². The highest BCUT2D eigenvalue weighted by atomic mass is 16.1. The molecule has 0 bridgehead atoms. The lowest BCUT2D eigenvalue weighted by atomic mass is 9.98. The minimum absolute atomic E-state index is 0.0323. The minimum atomic E-state index is -0.0323. The summed E-state index contributed by atoms with van der Waals surface area (Å²) < 4.78 is 0. The van der Waals surface area contributed by atoms with E-state index < -0.39 is 0 Å². The van der Waals surface area contributed by atoms with Gasteiger partial charge in [0.2, 0.25) is 0 Å². The maximum absolute atomic E-state index is 12.1. The Bertz CT molecular complexity index is 499. The Balaban J connectivity index is 1.93. The van der Waals surface area contributed by atoms with Gasteiger partial charge in [-0.2, -0.15) is 0 Å². The van der Waals surface area contributed by atoms with E-state index in [4.69, 9.17) is 0 Å². The molecule has 0 radical (unpaired) electrons. The summed E-state index contributed by atoms with van der Waals surface area (Å²) >= 11 is 0. The Labute approximate surface area is 121 Å². The summed E-state index contributed by atoms with van der Waals surface area (Å²) in [7, 11) is 0. The van der Waals surface area contributed by atoms with E-state index in [0.29, 0.717) is 0 Å². The van der Waals surface area contributed by atoms with Gasteiger partial charge in [0.05, 0.1) is 5.92 Å². The molecule has 2 rings (SSSR count). The molecule has 1 aliphatic rings. The van der Waals surface area contributed by atoms with Crippen LogP contribution < -0.4 is 5.32 Å². The molecule has 0 aromatic heterocycles. The summed E-state index contributed by atoms with van der Waals surface area (Å²) in [4.78, 5) is 12.1. The van der Waals surface area contributed by atoms with Crippen LogP contribution in [0, 0.1) is 5.92 Å². The van der Waals surface area contributed by atoms with Crippen molar-refractivity contribution >= 4 is 11.9 Å². The topological polar surface area (TPSA) is 29.1 Å². The fourth-order valence-electron chi connectivity index (χ4n) is 2.39. The van der Waals surface area contributed by atoms with E-state index in [9.17, 15) is 4.79 Å². The van der Waals surface area contributed by atoms with Crippen LogP contribution in [0.3, 0.4) is 0 Å². The van der Waals surface area contributed by atoms with Gasteiger partial charge in [-0.05, 0) is 43.2 Å². The first-order valence-electron chi connectivity index (χ1n) is 7.44. The molecule has 1 aromatic rings. The van der Waals surface area contributed by atoms with E-state index in [1.165, 1.54) is 18.4 Å². The molecule has 1 N–H and O–H groups in total. The predicted octanol–water partition coefficient (Wildman–Crippen LogP) is 3.73. The van der Waals surface area contributed by atoms with Crippen LogP contribution in [-0.2, 0) is 11.2 Å². The Morgan fingerprint density at radius 3 is 2.65 bits per heavy atom. The van der Waals surface area contributed by atoms with Crippen molar-refractivity contribution in [3.63, 3.8) is 0 Å². The van der Waals surface area contributed by atoms with Crippen molar-refractivity contribution in [2.45, 2.75) is 39.2 Å². The number of ketones is 1. The smallest absolute Gasteiger partial charge is 0.164 e. The quantitative estimate of drug-likeness (QED) is 0.797. The number of carbonyl (C=O) groups is 1. The highest BCUT2D eigenvalue weighted by Crippen LogP contribution is 2.15. The zero-order valence-electron chi connectivity index (χ0n) is 12.3. The average molecular weight is 269 g/mol. The molecule has 1 aliphatic heterocycles. The molecule has 2 atom stereocenters. The lowest BCUT2D eigenvalue weighted by molar-refractivity contribution is -0.117. The van der Waals surface area contributed by atoms with Crippen LogP contribution in [0.4, 0.5) is 0 Å². The van der Waals surface area contributed by atoms with Gasteiger partial charge in [-0.1, -0.05) is 49.8 Å². The molecule has 106 valence electrons. The Kier molecular flexibility index (Phi) is 5.16. The fourth-order valence-corrected chi connectivity index (χ4v) is 2.39. The minimum Gasteiger partial charge on any atom is -0.388 e. The Morgan fingerprint density at radius 1 is 1.30 bits per heavy atom. The van der Waals surface area contributed by atoms with E-state index in [2.05, 4.69) is 36.5 Å². The van der Waals surface area contributed by atoms with Crippen LogP contribution in [-0.4, -0.2) is 11.8 Å². The highest BCUT2D eigenvalue weighted by molar-refractivity contribution is 5.97. The Morgan fingerprint density at radius 2 is 2.05 bits per heavy atom. The second-order valence-electron chi connectivity index (χ2n) is 5.42. The number of aryl methyl sites for hydroxylation is 1. The van der Waals surface area contributed by atoms with Crippen LogP contribution in [0.2, 0.25) is 0 Å². The van der Waals surface area contributed by atoms with Gasteiger partial charge in [-0.25, -0.2) is 0 Å². The molecule has 0 amide bonds. The molecular weight excluding hydrogens is 246 g/mol. The highest BCUT2D eigenvalue weighted by Gasteiger charge is 2.22. The number of benzene rings is 1. The lowest BCUT2D eigenvalue weighted by Gasteiger charge is -2.11. The molecule has 20 heavy (non-hydrogen) atoms. The molecule has 0 fully saturated rings. The summed E-state index contributed by atoms with van der Waals surface area (Å²) in [6, 6.07) is 8.67. The van der Waals surface area contributed by atoms with Gasteiger partial charge in [0.15, 0.2) is 5.78 Å². The van der Waals surface area contributed by atoms with E-state index in [-0.39, 0.29) is 17.7 Å². The zero-order chi connectivity index (χ0) is 14.4. The third kappa shape index (κ3) is 3.83. The summed E-state index contributed by atoms with van der Waals surface area (Å²) in [5.41, 5.74) is 2.45. The third-order valence-corrected chi connectivity index (χ3v) is 3.77. The maximum atomic E-state index is 12.1. The van der Waals surface area contributed by atoms with E-state index >= 15 is 0 Å². The van der Waals surface area contributed by atoms with Crippen LogP contribution in [0.15, 0.2) is 42.6 Å². The predicted molar refractivity (Wildman–Crippen MR) is 84.3 cm³/mol. The number of hydrogen-bond donors (Lipinski definition) is 1. The number of unbranched alkanes of at least 4 members (excludes halogenated alkanes) is 1. The van der Waals surface area contributed by atoms with Crippen molar-refractivity contribution in [1.29, 1.82) is 0 Å². The standard InChI is InChI=1S/C18H23NO/c1-3-4-5-15-6-8-16(9-7-15)10-11-18(20)17-12-13-19-14(17)2/h6-14,17,19H,3-5H2,1-2H3/b11-10+. The van der Waals surface area contributed by atoms with Crippen molar-refractivity contribution < 1.29 is 4.79 Å². The maximum Gasteiger partial charge on any atom is 0.164 e. The lowest BCUT2D eigenvalue weighted by Crippen LogP contribution is -2.27. The first-order valence-corrected chi connectivity index (χ1v) is 7.44. The van der Waals surface area contributed by atoms with Crippen molar-refractivity contribution in [3.05, 3.63) is 53.7 Å². The van der Waals surface area contributed by atoms with E-state index in [1.807, 2.05) is 25.3 Å². The molecule has 2 nitrogen and oxygen atoms in total. The summed E-state index contributed by atoms with van der Waals surface area (Å²) in [5, 5.41) is 3.14. The normalized spacial score (nSPS) is 21.3. The average Bonchev–Trinajstić information content (AvgIpc) is 2.90. The molecule has 0 saturated heterocycles. The molecular formula is C18H23NO. The number of hydrogen-bond acceptors (Lipinski definition) is 2. The van der Waals surface area contributed by atoms with Crippen molar-refractivity contribution in [2.24, 2.45) is 5.92 Å². The van der Waals surface area contributed by atoms with Crippen LogP contribution in [0.5, 0.6) is 0 Å². The fraction of sp³-hybridized carbons (Fsp3) is 0.389. The van der Waals surface area contributed by atoms with Crippen molar-refractivity contribution in [2.75, 3.05) is 0 Å². The van der Waals surface area contributed by atoms with Gasteiger partial charge in [0.25, 0.3) is 0 Å². The van der Waals surface area contributed by atoms with Gasteiger partial charge in [-0.15, -0.1) is 0 Å². The third-order valence-electron chi connectivity index (χ3n) is 3.77. The SMILES string of the molecule is CCCCc1ccc(/C=C/C(=O)C2C=CNC2C)cc1. The number of carbonyl (C=O) groups excluding carboxylic acids is 1. The monoisotopic (exact) mass is 269 g/mol. The molecule has 1 heterocycles. The van der Waals surface area contributed by atoms with Gasteiger partial charge in [0, 0.05) is 6.04 Å². The van der Waals surface area contributed by atoms with Crippen LogP contribution in [0.1, 0.15) is 37.8 Å². The van der Waals surface area contributed by atoms with Gasteiger partial charge in [0.1, 0.15) is 0 Å². The summed E-state index contributed by atoms with van der Waals surface area (Å²) in [6.45, 7) is 4.23. The van der Waals surface area contributed by atoms with Gasteiger partial charge in [-0.3, -0.25) is 4.79 Å². The zero-order valence-corrected chi connectivity index (χ0v) is 12.3. The summed E-state index contributed by atoms with van der Waals surface area (Å²) in [5.74, 6) is 0.129. The molecule has 0 aliphatic carbocycles. The first-order chi connectivity index (χ1) is 9.70. The second kappa shape index (κ2) is 7.09. The van der Waals surface area contributed by atoms with Crippen molar-refractivity contribution in [1.82, 2.24) is 5.32 Å². The van der Waals surface area contributed by atoms with E-state index in [0.717, 1.165) is 12.0 Å². The van der Waals surface area contributed by atoms with Gasteiger partial charge >= 0.3 is 0 Å². The Hall–Kier alpha value is -1.83. The molecule has 2 unspecified atom stereocenters. The molecule has 1 aromatic carbocycles. The van der Waals surface area contributed by atoms with Crippen LogP contribution in [0.25, 0.3) is 6.08 Å². The van der Waals surface area contributed by atoms with Crippen molar-refractivity contribution in [3.8, 4) is 0 Å².